The monoisotopic (exact) mass is 292 g/mol. The maximum Gasteiger partial charge on any atom is 2.00 e. The van der Waals surface area contributed by atoms with Crippen LogP contribution in [-0.2, 0) is 9.59 Å². The van der Waals surface area contributed by atoms with Crippen LogP contribution < -0.4 is 5.73 Å². The number of hydrogen-bond acceptors (Lipinski definition) is 2. The van der Waals surface area contributed by atoms with Gasteiger partial charge in [-0.25, -0.2) is 0 Å². The summed E-state index contributed by atoms with van der Waals surface area (Å²) in [7, 11) is 0. The third-order valence-corrected chi connectivity index (χ3v) is 4.55. The van der Waals surface area contributed by atoms with Gasteiger partial charge in [-0.05, 0) is 25.7 Å². The van der Waals surface area contributed by atoms with Gasteiger partial charge in [0.05, 0.1) is 0 Å². The van der Waals surface area contributed by atoms with Crippen LogP contribution in [0.5, 0.6) is 0 Å². The topological polar surface area (TPSA) is 63.4 Å². The molecule has 0 bridgehead atoms. The third kappa shape index (κ3) is 4.92. The van der Waals surface area contributed by atoms with Gasteiger partial charge in [-0.15, -0.1) is 0 Å². The summed E-state index contributed by atoms with van der Waals surface area (Å²) < 4.78 is 0. The fraction of sp³-hybridized carbons (Fsp3) is 0.867. The Kier molecular flexibility index (Phi) is 7.88. The summed E-state index contributed by atoms with van der Waals surface area (Å²) in [5.74, 6) is -0.534. The summed E-state index contributed by atoms with van der Waals surface area (Å²) in [6.45, 7) is 0. The van der Waals surface area contributed by atoms with Crippen LogP contribution in [0.15, 0.2) is 0 Å². The second-order valence-corrected chi connectivity index (χ2v) is 6.03. The van der Waals surface area contributed by atoms with Crippen molar-refractivity contribution in [3.8, 4) is 0 Å². The molecule has 2 N–H and O–H groups in total. The molecule has 5 heteroatoms. The maximum absolute atomic E-state index is 12.4. The molecule has 0 saturated heterocycles. The minimum atomic E-state index is -0.499. The average molecular weight is 293 g/mol. The Bertz CT molecular complexity index is 316. The Morgan fingerprint density at radius 2 is 1.30 bits per heavy atom. The standard InChI is InChI=1S/C15H26N2O2.Mg.2H/c16-14(18)11-15(19)17(12-7-3-1-4-8-12)13-9-5-2-6-10-13;;;/h12-13H,1-11H2,(H2,16,18);;;/q;+2;2*-1. The van der Waals surface area contributed by atoms with E-state index in [1.807, 2.05) is 4.90 Å². The molecule has 2 aliphatic carbocycles. The van der Waals surface area contributed by atoms with Crippen molar-refractivity contribution in [2.75, 3.05) is 0 Å². The third-order valence-electron chi connectivity index (χ3n) is 4.55. The Labute approximate surface area is 140 Å². The van der Waals surface area contributed by atoms with E-state index in [9.17, 15) is 9.59 Å². The van der Waals surface area contributed by atoms with E-state index in [2.05, 4.69) is 0 Å². The smallest absolute Gasteiger partial charge is 1.00 e. The van der Waals surface area contributed by atoms with Crippen molar-refractivity contribution >= 4 is 34.9 Å². The molecule has 0 aromatic carbocycles. The Morgan fingerprint density at radius 3 is 1.65 bits per heavy atom. The van der Waals surface area contributed by atoms with Crippen molar-refractivity contribution < 1.29 is 12.4 Å². The van der Waals surface area contributed by atoms with Crippen LogP contribution in [0.2, 0.25) is 0 Å². The minimum Gasteiger partial charge on any atom is -1.00 e. The molecular formula is C15H28MgN2O2. The van der Waals surface area contributed by atoms with Crippen LogP contribution in [0, 0.1) is 0 Å². The average Bonchev–Trinajstić information content (AvgIpc) is 2.40. The Morgan fingerprint density at radius 1 is 0.900 bits per heavy atom. The van der Waals surface area contributed by atoms with Gasteiger partial charge in [-0.1, -0.05) is 38.5 Å². The quantitative estimate of drug-likeness (QED) is 0.638. The summed E-state index contributed by atoms with van der Waals surface area (Å²) in [6.07, 6.45) is 11.7. The van der Waals surface area contributed by atoms with E-state index < -0.39 is 5.91 Å². The van der Waals surface area contributed by atoms with Crippen molar-refractivity contribution in [1.29, 1.82) is 0 Å². The van der Waals surface area contributed by atoms with Gasteiger partial charge in [0.1, 0.15) is 6.42 Å². The van der Waals surface area contributed by atoms with E-state index in [1.165, 1.54) is 38.5 Å². The zero-order valence-corrected chi connectivity index (χ0v) is 13.9. The molecule has 2 amide bonds. The fourth-order valence-electron chi connectivity index (χ4n) is 3.66. The number of amides is 2. The Hall–Kier alpha value is -0.294. The first-order chi connectivity index (χ1) is 9.18. The molecule has 0 aromatic rings. The summed E-state index contributed by atoms with van der Waals surface area (Å²) in [4.78, 5) is 25.5. The Balaban J connectivity index is 0. The van der Waals surface area contributed by atoms with Crippen LogP contribution in [0.4, 0.5) is 0 Å². The van der Waals surface area contributed by atoms with E-state index in [1.54, 1.807) is 0 Å². The van der Waals surface area contributed by atoms with E-state index in [0.717, 1.165) is 25.7 Å². The van der Waals surface area contributed by atoms with Crippen LogP contribution in [-0.4, -0.2) is 51.9 Å². The fourth-order valence-corrected chi connectivity index (χ4v) is 3.66. The molecule has 0 aromatic heterocycles. The van der Waals surface area contributed by atoms with Gasteiger partial charge >= 0.3 is 23.1 Å². The predicted molar refractivity (Wildman–Crippen MR) is 82.4 cm³/mol. The van der Waals surface area contributed by atoms with Gasteiger partial charge in [0, 0.05) is 12.1 Å². The van der Waals surface area contributed by atoms with E-state index in [4.69, 9.17) is 5.73 Å². The normalized spacial score (nSPS) is 21.0. The van der Waals surface area contributed by atoms with E-state index in [-0.39, 0.29) is 38.2 Å². The summed E-state index contributed by atoms with van der Waals surface area (Å²) in [6, 6.07) is 0.701. The van der Waals surface area contributed by atoms with Crippen LogP contribution in [0.3, 0.4) is 0 Å². The minimum absolute atomic E-state index is 0. The first-order valence-electron chi connectivity index (χ1n) is 7.78. The van der Waals surface area contributed by atoms with Crippen molar-refractivity contribution in [3.05, 3.63) is 0 Å². The molecule has 0 radical (unpaired) electrons. The van der Waals surface area contributed by atoms with Crippen LogP contribution >= 0.6 is 0 Å². The van der Waals surface area contributed by atoms with Gasteiger partial charge in [0.2, 0.25) is 11.8 Å². The zero-order chi connectivity index (χ0) is 13.7. The number of nitrogens with zero attached hydrogens (tertiary/aromatic N) is 1. The summed E-state index contributed by atoms with van der Waals surface area (Å²) >= 11 is 0. The molecule has 20 heavy (non-hydrogen) atoms. The van der Waals surface area contributed by atoms with Crippen molar-refractivity contribution in [1.82, 2.24) is 4.90 Å². The SMILES string of the molecule is NC(=O)CC(=O)N(C1CCCCC1)C1CCCCC1.[H-].[H-].[Mg+2]. The molecule has 4 nitrogen and oxygen atoms in total. The first-order valence-corrected chi connectivity index (χ1v) is 7.78. The maximum atomic E-state index is 12.4. The molecular weight excluding hydrogens is 264 g/mol. The van der Waals surface area contributed by atoms with Gasteiger partial charge in [-0.3, -0.25) is 9.59 Å². The predicted octanol–water partition coefficient (Wildman–Crippen LogP) is 2.20. The number of hydrogen-bond donors (Lipinski definition) is 1. The molecule has 2 fully saturated rings. The zero-order valence-electron chi connectivity index (χ0n) is 14.5. The number of nitrogens with two attached hydrogens (primary N) is 1. The molecule has 112 valence electrons. The first kappa shape index (κ1) is 17.8. The molecule has 2 aliphatic rings. The number of carbonyl (C=O) groups is 2. The van der Waals surface area contributed by atoms with Crippen molar-refractivity contribution in [2.45, 2.75) is 82.7 Å². The van der Waals surface area contributed by atoms with Gasteiger partial charge in [0.15, 0.2) is 0 Å². The van der Waals surface area contributed by atoms with Gasteiger partial charge in [-0.2, -0.15) is 0 Å². The molecule has 2 rings (SSSR count). The summed E-state index contributed by atoms with van der Waals surface area (Å²) in [5, 5.41) is 0. The number of primary amides is 1. The van der Waals surface area contributed by atoms with Gasteiger partial charge in [0.25, 0.3) is 0 Å². The van der Waals surface area contributed by atoms with E-state index in [0.29, 0.717) is 12.1 Å². The molecule has 2 saturated carbocycles. The largest absolute Gasteiger partial charge is 2.00 e. The number of carbonyl (C=O) groups excluding carboxylic acids is 2. The van der Waals surface area contributed by atoms with Crippen molar-refractivity contribution in [3.63, 3.8) is 0 Å². The molecule has 0 heterocycles. The molecule has 0 spiro atoms. The van der Waals surface area contributed by atoms with E-state index >= 15 is 0 Å². The summed E-state index contributed by atoms with van der Waals surface area (Å²) in [5.41, 5.74) is 5.20. The number of rotatable bonds is 4. The second-order valence-electron chi connectivity index (χ2n) is 6.03. The molecule has 0 unspecified atom stereocenters. The molecule has 0 atom stereocenters. The van der Waals surface area contributed by atoms with Gasteiger partial charge < -0.3 is 13.5 Å². The van der Waals surface area contributed by atoms with Crippen molar-refractivity contribution in [2.24, 2.45) is 5.73 Å². The van der Waals surface area contributed by atoms with Crippen LogP contribution in [0.1, 0.15) is 73.5 Å². The second kappa shape index (κ2) is 8.87. The van der Waals surface area contributed by atoms with Crippen LogP contribution in [0.25, 0.3) is 0 Å². The molecule has 0 aliphatic heterocycles.